The number of carbonyl (C=O) groups excluding carboxylic acids is 2. The zero-order valence-electron chi connectivity index (χ0n) is 20.4. The van der Waals surface area contributed by atoms with Crippen molar-refractivity contribution >= 4 is 18.0 Å². The molecule has 0 spiro atoms. The number of piperidine rings is 1. The van der Waals surface area contributed by atoms with Gasteiger partial charge in [-0.2, -0.15) is 0 Å². The summed E-state index contributed by atoms with van der Waals surface area (Å²) in [5.41, 5.74) is 2.76. The van der Waals surface area contributed by atoms with E-state index in [4.69, 9.17) is 4.74 Å². The van der Waals surface area contributed by atoms with Crippen molar-refractivity contribution in [3.8, 4) is 11.1 Å². The van der Waals surface area contributed by atoms with Crippen LogP contribution in [0.15, 0.2) is 48.5 Å². The molecule has 1 heterocycles. The summed E-state index contributed by atoms with van der Waals surface area (Å²) < 4.78 is 5.68. The van der Waals surface area contributed by atoms with Crippen LogP contribution in [-0.2, 0) is 14.3 Å². The van der Waals surface area contributed by atoms with Crippen molar-refractivity contribution in [2.45, 2.75) is 57.5 Å². The van der Waals surface area contributed by atoms with Crippen molar-refractivity contribution in [3.63, 3.8) is 0 Å². The van der Waals surface area contributed by atoms with Crippen molar-refractivity contribution in [2.75, 3.05) is 13.2 Å². The standard InChI is InChI=1S/C28H32N2O5/c1-27(2,3)23(24(31)30-14-8-9-17-15-28(17,30)25(32)33)29-26(34)35-16-22-20-12-6-4-10-18(20)19-11-5-7-13-21(19)22/h4-7,10-13,17,22-23H,8-9,14-16H2,1-3H3,(H,29,34)(H,32,33)/t17?,23-,28?/m1/s1. The summed E-state index contributed by atoms with van der Waals surface area (Å²) >= 11 is 0. The summed E-state index contributed by atoms with van der Waals surface area (Å²) in [6, 6.07) is 15.3. The van der Waals surface area contributed by atoms with Gasteiger partial charge in [0.1, 0.15) is 18.2 Å². The molecule has 5 rings (SSSR count). The van der Waals surface area contributed by atoms with Gasteiger partial charge in [-0.05, 0) is 52.8 Å². The number of alkyl carbamates (subject to hydrolysis) is 1. The normalized spacial score (nSPS) is 23.5. The molecule has 2 aromatic carbocycles. The average molecular weight is 477 g/mol. The van der Waals surface area contributed by atoms with Crippen LogP contribution in [0.25, 0.3) is 11.1 Å². The molecule has 0 radical (unpaired) electrons. The highest BCUT2D eigenvalue weighted by Crippen LogP contribution is 2.54. The Bertz CT molecular complexity index is 1140. The van der Waals surface area contributed by atoms with Crippen LogP contribution in [0.3, 0.4) is 0 Å². The molecule has 1 saturated carbocycles. The van der Waals surface area contributed by atoms with Gasteiger partial charge in [-0.25, -0.2) is 9.59 Å². The van der Waals surface area contributed by atoms with Crippen LogP contribution in [0.2, 0.25) is 0 Å². The van der Waals surface area contributed by atoms with Gasteiger partial charge in [-0.3, -0.25) is 4.79 Å². The molecule has 2 unspecified atom stereocenters. The maximum atomic E-state index is 13.6. The number of nitrogens with one attached hydrogen (secondary N) is 1. The molecule has 3 aliphatic rings. The molecule has 2 N–H and O–H groups in total. The fourth-order valence-electron chi connectivity index (χ4n) is 5.93. The first-order chi connectivity index (χ1) is 16.6. The number of carbonyl (C=O) groups is 3. The van der Waals surface area contributed by atoms with Gasteiger partial charge in [0.25, 0.3) is 0 Å². The van der Waals surface area contributed by atoms with Gasteiger partial charge in [-0.15, -0.1) is 0 Å². The minimum Gasteiger partial charge on any atom is -0.479 e. The predicted molar refractivity (Wildman–Crippen MR) is 131 cm³/mol. The predicted octanol–water partition coefficient (Wildman–Crippen LogP) is 4.41. The summed E-state index contributed by atoms with van der Waals surface area (Å²) in [6.45, 7) is 6.12. The van der Waals surface area contributed by atoms with Crippen LogP contribution in [0.5, 0.6) is 0 Å². The molecule has 3 atom stereocenters. The molecule has 2 aromatic rings. The van der Waals surface area contributed by atoms with E-state index in [-0.39, 0.29) is 24.3 Å². The van der Waals surface area contributed by atoms with E-state index in [0.29, 0.717) is 13.0 Å². The Labute approximate surface area is 205 Å². The number of likely N-dealkylation sites (tertiary alicyclic amines) is 1. The molecular weight excluding hydrogens is 444 g/mol. The molecule has 1 aliphatic heterocycles. The zero-order valence-corrected chi connectivity index (χ0v) is 20.4. The van der Waals surface area contributed by atoms with Gasteiger partial charge < -0.3 is 20.1 Å². The first kappa shape index (κ1) is 23.4. The van der Waals surface area contributed by atoms with Crippen molar-refractivity contribution in [2.24, 2.45) is 11.3 Å². The summed E-state index contributed by atoms with van der Waals surface area (Å²) in [5, 5.41) is 12.7. The molecular formula is C28H32N2O5. The summed E-state index contributed by atoms with van der Waals surface area (Å²) in [5.74, 6) is -1.39. The minimum atomic E-state index is -1.12. The quantitative estimate of drug-likeness (QED) is 0.667. The van der Waals surface area contributed by atoms with E-state index in [0.717, 1.165) is 35.1 Å². The highest BCUT2D eigenvalue weighted by Gasteiger charge is 2.67. The molecule has 7 heteroatoms. The maximum Gasteiger partial charge on any atom is 0.407 e. The number of nitrogens with zero attached hydrogens (tertiary/aromatic N) is 1. The summed E-state index contributed by atoms with van der Waals surface area (Å²) in [6.07, 6.45) is 1.40. The molecule has 2 fully saturated rings. The molecule has 7 nitrogen and oxygen atoms in total. The molecule has 1 saturated heterocycles. The van der Waals surface area contributed by atoms with Crippen molar-refractivity contribution in [1.29, 1.82) is 0 Å². The van der Waals surface area contributed by atoms with Crippen molar-refractivity contribution in [1.82, 2.24) is 10.2 Å². The lowest BCUT2D eigenvalue weighted by Gasteiger charge is -2.39. The van der Waals surface area contributed by atoms with Crippen LogP contribution in [0, 0.1) is 11.3 Å². The lowest BCUT2D eigenvalue weighted by Crippen LogP contribution is -2.60. The second kappa shape index (κ2) is 8.40. The van der Waals surface area contributed by atoms with Crippen LogP contribution >= 0.6 is 0 Å². The second-order valence-corrected chi connectivity index (χ2v) is 11.0. The third-order valence-electron chi connectivity index (χ3n) is 7.84. The number of carboxylic acid groups (broad SMARTS) is 1. The topological polar surface area (TPSA) is 95.9 Å². The van der Waals surface area contributed by atoms with Crippen molar-refractivity contribution < 1.29 is 24.2 Å². The van der Waals surface area contributed by atoms with Gasteiger partial charge in [0.05, 0.1) is 0 Å². The lowest BCUT2D eigenvalue weighted by molar-refractivity contribution is -0.156. The number of hydrogen-bond donors (Lipinski definition) is 2. The number of fused-ring (bicyclic) bond motifs is 4. The van der Waals surface area contributed by atoms with E-state index < -0.39 is 29.1 Å². The Hall–Kier alpha value is -3.35. The van der Waals surface area contributed by atoms with E-state index in [9.17, 15) is 19.5 Å². The zero-order chi connectivity index (χ0) is 25.0. The molecule has 0 aromatic heterocycles. The van der Waals surface area contributed by atoms with E-state index in [2.05, 4.69) is 29.6 Å². The third kappa shape index (κ3) is 3.87. The maximum absolute atomic E-state index is 13.6. The first-order valence-electron chi connectivity index (χ1n) is 12.3. The first-order valence-corrected chi connectivity index (χ1v) is 12.3. The summed E-state index contributed by atoms with van der Waals surface area (Å²) in [7, 11) is 0. The van der Waals surface area contributed by atoms with Crippen LogP contribution < -0.4 is 5.32 Å². The lowest BCUT2D eigenvalue weighted by atomic mass is 9.85. The SMILES string of the molecule is CC(C)(C)[C@H](NC(=O)OCC1c2ccccc2-c2ccccc21)C(=O)N1CCCC2CC21C(=O)O. The molecule has 35 heavy (non-hydrogen) atoms. The van der Waals surface area contributed by atoms with Crippen LogP contribution in [0.1, 0.15) is 57.1 Å². The highest BCUT2D eigenvalue weighted by molar-refractivity contribution is 5.94. The van der Waals surface area contributed by atoms with E-state index in [1.165, 1.54) is 4.90 Å². The molecule has 2 amide bonds. The fourth-order valence-corrected chi connectivity index (χ4v) is 5.93. The number of carboxylic acids is 1. The summed E-state index contributed by atoms with van der Waals surface area (Å²) in [4.78, 5) is 40.1. The van der Waals surface area contributed by atoms with Gasteiger partial charge >= 0.3 is 12.1 Å². The average Bonchev–Trinajstić information content (AvgIpc) is 3.51. The Morgan fingerprint density at radius 2 is 1.69 bits per heavy atom. The Kier molecular flexibility index (Phi) is 5.61. The Morgan fingerprint density at radius 1 is 1.09 bits per heavy atom. The van der Waals surface area contributed by atoms with Gasteiger partial charge in [0.15, 0.2) is 0 Å². The number of aliphatic carboxylic acids is 1. The molecule has 2 aliphatic carbocycles. The van der Waals surface area contributed by atoms with Gasteiger partial charge in [-0.1, -0.05) is 69.3 Å². The highest BCUT2D eigenvalue weighted by atomic mass is 16.5. The van der Waals surface area contributed by atoms with E-state index >= 15 is 0 Å². The third-order valence-corrected chi connectivity index (χ3v) is 7.84. The minimum absolute atomic E-state index is 0.00669. The second-order valence-electron chi connectivity index (χ2n) is 11.0. The monoisotopic (exact) mass is 476 g/mol. The van der Waals surface area contributed by atoms with E-state index in [1.807, 2.05) is 45.0 Å². The fraction of sp³-hybridized carbons (Fsp3) is 0.464. The van der Waals surface area contributed by atoms with Crippen molar-refractivity contribution in [3.05, 3.63) is 59.7 Å². The number of amides is 2. The van der Waals surface area contributed by atoms with Gasteiger partial charge in [0.2, 0.25) is 5.91 Å². The Morgan fingerprint density at radius 3 is 2.26 bits per heavy atom. The largest absolute Gasteiger partial charge is 0.479 e. The number of hydrogen-bond acceptors (Lipinski definition) is 4. The molecule has 0 bridgehead atoms. The van der Waals surface area contributed by atoms with E-state index in [1.54, 1.807) is 0 Å². The number of benzene rings is 2. The van der Waals surface area contributed by atoms with Crippen LogP contribution in [0.4, 0.5) is 4.79 Å². The smallest absolute Gasteiger partial charge is 0.407 e. The molecule has 184 valence electrons. The number of rotatable bonds is 5. The number of ether oxygens (including phenoxy) is 1. The van der Waals surface area contributed by atoms with Gasteiger partial charge in [0, 0.05) is 12.5 Å². The Balaban J connectivity index is 1.31. The van der Waals surface area contributed by atoms with Crippen LogP contribution in [-0.4, -0.2) is 52.7 Å².